The monoisotopic (exact) mass is 629 g/mol. The van der Waals surface area contributed by atoms with Gasteiger partial charge in [-0.1, -0.05) is 49.7 Å². The molecule has 1 unspecified atom stereocenters. The molecule has 43 heavy (non-hydrogen) atoms. The molecule has 5 aliphatic rings. The standard InChI is InChI=1S/C31H34Cl2FN5O4/c1-15(32)35-11-8-18(34)23-26-27(41)36-20-14-43-21(13-22(40)39(4)5)25-24(20)30(38-26,10-9-29(25,2)3)31(23)17-7-6-16(33)12-19(17)37-28(31)42/h6-8,11-12,20-21,23,26,38H,1,9-10,13-14H2,2-5H3,(H,36,41)(H,37,42)/b18-8-,35-11-/t20-,21+,23-,26+,30?,31+/m0/s1. The van der Waals surface area contributed by atoms with Crippen molar-refractivity contribution in [3.05, 3.63) is 63.6 Å². The quantitative estimate of drug-likeness (QED) is 0.259. The third-order valence-corrected chi connectivity index (χ3v) is 10.2. The predicted molar refractivity (Wildman–Crippen MR) is 163 cm³/mol. The fraction of sp³-hybridized carbons (Fsp3) is 0.484. The minimum absolute atomic E-state index is 0.0403. The second kappa shape index (κ2) is 10.3. The van der Waals surface area contributed by atoms with Crippen LogP contribution in [0.4, 0.5) is 10.1 Å². The molecule has 0 saturated carbocycles. The van der Waals surface area contributed by atoms with E-state index in [9.17, 15) is 14.4 Å². The van der Waals surface area contributed by atoms with E-state index in [1.165, 1.54) is 11.1 Å². The number of fused-ring (bicyclic) bond motifs is 3. The molecule has 0 aromatic heterocycles. The molecule has 6 atom stereocenters. The van der Waals surface area contributed by atoms with Gasteiger partial charge in [-0.25, -0.2) is 9.38 Å². The number of carbonyl (C=O) groups is 3. The smallest absolute Gasteiger partial charge is 0.238 e. The van der Waals surface area contributed by atoms with Crippen LogP contribution >= 0.6 is 23.2 Å². The van der Waals surface area contributed by atoms with Crippen LogP contribution in [0.25, 0.3) is 0 Å². The van der Waals surface area contributed by atoms with Crippen LogP contribution in [0.1, 0.15) is 38.7 Å². The highest BCUT2D eigenvalue weighted by Crippen LogP contribution is 2.66. The van der Waals surface area contributed by atoms with E-state index in [0.717, 1.165) is 17.2 Å². The van der Waals surface area contributed by atoms with Gasteiger partial charge in [0.25, 0.3) is 0 Å². The first-order valence-corrected chi connectivity index (χ1v) is 15.0. The first kappa shape index (κ1) is 30.0. The van der Waals surface area contributed by atoms with Crippen molar-refractivity contribution in [2.45, 2.75) is 62.3 Å². The highest BCUT2D eigenvalue weighted by Gasteiger charge is 2.77. The van der Waals surface area contributed by atoms with Gasteiger partial charge in [-0.15, -0.1) is 0 Å². The van der Waals surface area contributed by atoms with E-state index in [1.807, 2.05) is 0 Å². The molecule has 4 aliphatic heterocycles. The number of nitrogens with one attached hydrogen (secondary N) is 3. The summed E-state index contributed by atoms with van der Waals surface area (Å²) in [5, 5.41) is 9.98. The van der Waals surface area contributed by atoms with Crippen molar-refractivity contribution in [3.8, 4) is 0 Å². The third kappa shape index (κ3) is 4.24. The van der Waals surface area contributed by atoms with E-state index in [2.05, 4.69) is 41.4 Å². The van der Waals surface area contributed by atoms with E-state index in [4.69, 9.17) is 27.9 Å². The molecule has 1 aliphatic carbocycles. The number of halogens is 3. The van der Waals surface area contributed by atoms with E-state index >= 15 is 4.39 Å². The summed E-state index contributed by atoms with van der Waals surface area (Å²) in [5.41, 5.74) is -0.544. The summed E-state index contributed by atoms with van der Waals surface area (Å²) in [6.45, 7) is 7.79. The number of ether oxygens (including phenoxy) is 1. The van der Waals surface area contributed by atoms with Crippen LogP contribution in [0.3, 0.4) is 0 Å². The first-order valence-electron chi connectivity index (χ1n) is 14.2. The Balaban J connectivity index is 1.68. The van der Waals surface area contributed by atoms with Crippen molar-refractivity contribution in [2.24, 2.45) is 16.3 Å². The molecule has 3 N–H and O–H groups in total. The lowest BCUT2D eigenvalue weighted by Gasteiger charge is -2.56. The van der Waals surface area contributed by atoms with Gasteiger partial charge in [0.1, 0.15) is 16.4 Å². The van der Waals surface area contributed by atoms with Crippen molar-refractivity contribution in [2.75, 3.05) is 26.0 Å². The molecular weight excluding hydrogens is 596 g/mol. The minimum atomic E-state index is -1.58. The number of rotatable bonds is 5. The van der Waals surface area contributed by atoms with Gasteiger partial charge in [0.05, 0.1) is 42.7 Å². The van der Waals surface area contributed by atoms with Crippen LogP contribution in [-0.2, 0) is 24.5 Å². The molecule has 2 spiro atoms. The van der Waals surface area contributed by atoms with Gasteiger partial charge in [-0.2, -0.15) is 0 Å². The molecule has 2 saturated heterocycles. The Bertz CT molecular complexity index is 1550. The molecular formula is C31H34Cl2FN5O4. The van der Waals surface area contributed by atoms with E-state index in [-0.39, 0.29) is 24.1 Å². The molecule has 1 aromatic rings. The van der Waals surface area contributed by atoms with Crippen molar-refractivity contribution in [1.82, 2.24) is 15.5 Å². The first-order chi connectivity index (χ1) is 20.2. The molecule has 9 nitrogen and oxygen atoms in total. The largest absolute Gasteiger partial charge is 0.371 e. The zero-order valence-corrected chi connectivity index (χ0v) is 25.9. The Morgan fingerprint density at radius 1 is 1.26 bits per heavy atom. The van der Waals surface area contributed by atoms with Crippen LogP contribution in [0, 0.1) is 11.3 Å². The molecule has 0 radical (unpaired) electrons. The van der Waals surface area contributed by atoms with Gasteiger partial charge in [0.15, 0.2) is 0 Å². The summed E-state index contributed by atoms with van der Waals surface area (Å²) >= 11 is 12.1. The van der Waals surface area contributed by atoms with Gasteiger partial charge in [0, 0.05) is 31.0 Å². The number of allylic oxidation sites excluding steroid dienone is 1. The summed E-state index contributed by atoms with van der Waals surface area (Å²) in [6.07, 6.45) is 2.83. The number of carbonyl (C=O) groups excluding carboxylic acids is 3. The number of benzene rings is 1. The van der Waals surface area contributed by atoms with E-state index in [1.54, 1.807) is 32.3 Å². The number of hydrogen-bond donors (Lipinski definition) is 3. The van der Waals surface area contributed by atoms with Crippen molar-refractivity contribution in [3.63, 3.8) is 0 Å². The lowest BCUT2D eigenvalue weighted by molar-refractivity contribution is -0.133. The van der Waals surface area contributed by atoms with Gasteiger partial charge >= 0.3 is 0 Å². The Kier molecular flexibility index (Phi) is 7.16. The number of anilines is 1. The SMILES string of the molecule is C=C(Cl)/N=C\C=C(/F)[C@H]1[C@H]2NC3(CCC(C)(C)C4=C3[C@H](CO[C@@H]4CC(=O)N(C)C)NC2=O)[C@@]12C(=O)Nc1cc(Cl)ccc12. The molecule has 4 heterocycles. The van der Waals surface area contributed by atoms with Gasteiger partial charge < -0.3 is 20.3 Å². The normalized spacial score (nSPS) is 34.1. The topological polar surface area (TPSA) is 112 Å². The number of amides is 3. The zero-order valence-electron chi connectivity index (χ0n) is 24.4. The van der Waals surface area contributed by atoms with Gasteiger partial charge in [0.2, 0.25) is 17.7 Å². The Labute approximate surface area is 259 Å². The lowest BCUT2D eigenvalue weighted by Crippen LogP contribution is -2.67. The van der Waals surface area contributed by atoms with Crippen molar-refractivity contribution < 1.29 is 23.5 Å². The molecule has 3 amide bonds. The summed E-state index contributed by atoms with van der Waals surface area (Å²) in [7, 11) is 3.38. The average molecular weight is 631 g/mol. The van der Waals surface area contributed by atoms with E-state index < -0.39 is 58.1 Å². The summed E-state index contributed by atoms with van der Waals surface area (Å²) < 4.78 is 23.0. The Morgan fingerprint density at radius 3 is 2.70 bits per heavy atom. The van der Waals surface area contributed by atoms with Crippen LogP contribution in [0.5, 0.6) is 0 Å². The number of aliphatic imine (C=N–C) groups is 1. The van der Waals surface area contributed by atoms with Crippen LogP contribution < -0.4 is 16.0 Å². The number of nitrogens with zero attached hydrogens (tertiary/aromatic N) is 2. The Morgan fingerprint density at radius 2 is 2.00 bits per heavy atom. The maximum absolute atomic E-state index is 16.7. The van der Waals surface area contributed by atoms with Crippen LogP contribution in [0.2, 0.25) is 5.02 Å². The maximum Gasteiger partial charge on any atom is 0.238 e. The number of hydrogen-bond acceptors (Lipinski definition) is 6. The fourth-order valence-corrected chi connectivity index (χ4v) is 8.40. The summed E-state index contributed by atoms with van der Waals surface area (Å²) in [4.78, 5) is 47.0. The third-order valence-electron chi connectivity index (χ3n) is 9.83. The second-order valence-corrected chi connectivity index (χ2v) is 13.6. The molecule has 2 bridgehead atoms. The van der Waals surface area contributed by atoms with Gasteiger partial charge in [-0.3, -0.25) is 19.7 Å². The zero-order chi connectivity index (χ0) is 31.1. The highest BCUT2D eigenvalue weighted by molar-refractivity contribution is 6.31. The molecule has 228 valence electrons. The summed E-state index contributed by atoms with van der Waals surface area (Å²) in [6, 6.07) is 3.38. The minimum Gasteiger partial charge on any atom is -0.371 e. The molecule has 2 fully saturated rings. The van der Waals surface area contributed by atoms with Crippen molar-refractivity contribution >= 4 is 52.8 Å². The fourth-order valence-electron chi connectivity index (χ4n) is 8.17. The highest BCUT2D eigenvalue weighted by atomic mass is 35.5. The second-order valence-electron chi connectivity index (χ2n) is 12.7. The molecule has 12 heteroatoms. The maximum atomic E-state index is 16.7. The summed E-state index contributed by atoms with van der Waals surface area (Å²) in [5.74, 6) is -2.94. The average Bonchev–Trinajstić information content (AvgIpc) is 3.34. The Hall–Kier alpha value is -3.05. The molecule has 6 rings (SSSR count). The van der Waals surface area contributed by atoms with Crippen LogP contribution in [-0.4, -0.2) is 73.3 Å². The van der Waals surface area contributed by atoms with Crippen LogP contribution in [0.15, 0.2) is 58.0 Å². The molecule has 1 aromatic carbocycles. The lowest BCUT2D eigenvalue weighted by atomic mass is 9.50. The predicted octanol–water partition coefficient (Wildman–Crippen LogP) is 3.98. The van der Waals surface area contributed by atoms with E-state index in [0.29, 0.717) is 29.1 Å². The van der Waals surface area contributed by atoms with Gasteiger partial charge in [-0.05, 0) is 53.2 Å². The van der Waals surface area contributed by atoms with Crippen molar-refractivity contribution in [1.29, 1.82) is 0 Å².